The van der Waals surface area contributed by atoms with Crippen LogP contribution in [0.5, 0.6) is 0 Å². The van der Waals surface area contributed by atoms with Crippen molar-refractivity contribution in [2.45, 2.75) is 20.3 Å². The van der Waals surface area contributed by atoms with Gasteiger partial charge >= 0.3 is 5.97 Å². The van der Waals surface area contributed by atoms with Crippen LogP contribution in [-0.2, 0) is 19.1 Å². The molecule has 1 unspecified atom stereocenters. The molecule has 0 fully saturated rings. The van der Waals surface area contributed by atoms with Crippen LogP contribution >= 0.6 is 12.2 Å². The zero-order valence-electron chi connectivity index (χ0n) is 12.5. The van der Waals surface area contributed by atoms with Crippen molar-refractivity contribution >= 4 is 29.1 Å². The molecule has 2 N–H and O–H groups in total. The predicted octanol–water partition coefficient (Wildman–Crippen LogP) is 0.583. The molecule has 116 valence electrons. The molecule has 1 amide bonds. The molecule has 0 bridgehead atoms. The minimum Gasteiger partial charge on any atom is -0.469 e. The highest BCUT2D eigenvalue weighted by Gasteiger charge is 2.29. The van der Waals surface area contributed by atoms with E-state index in [0.717, 1.165) is 0 Å². The quantitative estimate of drug-likeness (QED) is 0.496. The van der Waals surface area contributed by atoms with Gasteiger partial charge in [-0.15, -0.1) is 0 Å². The lowest BCUT2D eigenvalue weighted by Crippen LogP contribution is -2.45. The molecule has 1 atom stereocenters. The monoisotopic (exact) mass is 304 g/mol. The normalized spacial score (nSPS) is 12.1. The Kier molecular flexibility index (Phi) is 9.07. The Labute approximate surface area is 125 Å². The van der Waals surface area contributed by atoms with Gasteiger partial charge in [-0.2, -0.15) is 0 Å². The van der Waals surface area contributed by atoms with Crippen LogP contribution in [0.2, 0.25) is 0 Å². The SMILES string of the molecule is COCCN(CCC(=O)OC)C(=O)C(C(N)=S)C(C)C. The highest BCUT2D eigenvalue weighted by Crippen LogP contribution is 2.15. The summed E-state index contributed by atoms with van der Waals surface area (Å²) in [6.07, 6.45) is 0.133. The lowest BCUT2D eigenvalue weighted by molar-refractivity contribution is -0.142. The first-order valence-corrected chi connectivity index (χ1v) is 6.89. The van der Waals surface area contributed by atoms with Gasteiger partial charge in [0.25, 0.3) is 0 Å². The first-order valence-electron chi connectivity index (χ1n) is 6.49. The van der Waals surface area contributed by atoms with Crippen LogP contribution in [-0.4, -0.2) is 55.7 Å². The average molecular weight is 304 g/mol. The van der Waals surface area contributed by atoms with Crippen LogP contribution in [0.1, 0.15) is 20.3 Å². The van der Waals surface area contributed by atoms with Crippen LogP contribution in [0.3, 0.4) is 0 Å². The number of carbonyl (C=O) groups excluding carboxylic acids is 2. The van der Waals surface area contributed by atoms with Crippen LogP contribution in [0.15, 0.2) is 0 Å². The smallest absolute Gasteiger partial charge is 0.307 e. The third-order valence-electron chi connectivity index (χ3n) is 2.93. The second-order valence-corrected chi connectivity index (χ2v) is 5.24. The summed E-state index contributed by atoms with van der Waals surface area (Å²) in [6.45, 7) is 4.81. The predicted molar refractivity (Wildman–Crippen MR) is 80.2 cm³/mol. The third kappa shape index (κ3) is 6.29. The number of nitrogens with zero attached hydrogens (tertiary/aromatic N) is 1. The van der Waals surface area contributed by atoms with Crippen molar-refractivity contribution in [2.75, 3.05) is 33.9 Å². The number of rotatable bonds is 9. The summed E-state index contributed by atoms with van der Waals surface area (Å²) in [4.78, 5) is 25.4. The number of esters is 1. The lowest BCUT2D eigenvalue weighted by atomic mass is 9.94. The number of thiocarbonyl (C=S) groups is 1. The largest absolute Gasteiger partial charge is 0.469 e. The molecule has 0 spiro atoms. The molecule has 0 aromatic heterocycles. The fourth-order valence-corrected chi connectivity index (χ4v) is 2.17. The molecule has 0 aromatic rings. The lowest BCUT2D eigenvalue weighted by Gasteiger charge is -2.28. The molecule has 20 heavy (non-hydrogen) atoms. The Morgan fingerprint density at radius 1 is 1.25 bits per heavy atom. The summed E-state index contributed by atoms with van der Waals surface area (Å²) in [5.74, 6) is -1.06. The summed E-state index contributed by atoms with van der Waals surface area (Å²) in [6, 6.07) is 0. The standard InChI is InChI=1S/C13H24N2O4S/c1-9(2)11(12(14)20)13(17)15(7-8-18-3)6-5-10(16)19-4/h9,11H,5-8H2,1-4H3,(H2,14,20). The van der Waals surface area contributed by atoms with Crippen LogP contribution in [0.25, 0.3) is 0 Å². The Hall–Kier alpha value is -1.21. The molecule has 0 radical (unpaired) electrons. The average Bonchev–Trinajstić information content (AvgIpc) is 2.37. The molecule has 6 nitrogen and oxygen atoms in total. The van der Waals surface area contributed by atoms with E-state index in [9.17, 15) is 9.59 Å². The maximum Gasteiger partial charge on any atom is 0.307 e. The van der Waals surface area contributed by atoms with Gasteiger partial charge in [-0.25, -0.2) is 0 Å². The van der Waals surface area contributed by atoms with Gasteiger partial charge in [0.2, 0.25) is 5.91 Å². The highest BCUT2D eigenvalue weighted by molar-refractivity contribution is 7.80. The number of nitrogens with two attached hydrogens (primary N) is 1. The fourth-order valence-electron chi connectivity index (χ4n) is 1.79. The van der Waals surface area contributed by atoms with Gasteiger partial charge in [0, 0.05) is 20.2 Å². The number of ether oxygens (including phenoxy) is 2. The van der Waals surface area contributed by atoms with E-state index in [-0.39, 0.29) is 35.7 Å². The number of amides is 1. The van der Waals surface area contributed by atoms with Crippen molar-refractivity contribution in [3.63, 3.8) is 0 Å². The Morgan fingerprint density at radius 2 is 1.85 bits per heavy atom. The van der Waals surface area contributed by atoms with E-state index in [0.29, 0.717) is 13.2 Å². The van der Waals surface area contributed by atoms with Gasteiger partial charge in [-0.1, -0.05) is 26.1 Å². The zero-order valence-corrected chi connectivity index (χ0v) is 13.4. The molecule has 0 aliphatic rings. The van der Waals surface area contributed by atoms with Gasteiger partial charge in [0.1, 0.15) is 0 Å². The summed E-state index contributed by atoms with van der Waals surface area (Å²) in [5, 5.41) is 0. The van der Waals surface area contributed by atoms with Crippen molar-refractivity contribution in [3.8, 4) is 0 Å². The number of methoxy groups -OCH3 is 2. The molecule has 0 aliphatic carbocycles. The number of carbonyl (C=O) groups is 2. The fraction of sp³-hybridized carbons (Fsp3) is 0.769. The molecular formula is C13H24N2O4S. The van der Waals surface area contributed by atoms with E-state index < -0.39 is 5.92 Å². The second kappa shape index (κ2) is 9.66. The van der Waals surface area contributed by atoms with E-state index in [1.54, 1.807) is 12.0 Å². The first kappa shape index (κ1) is 18.8. The minimum absolute atomic E-state index is 0.00294. The van der Waals surface area contributed by atoms with Gasteiger partial charge in [0.05, 0.1) is 31.0 Å². The number of hydrogen-bond donors (Lipinski definition) is 1. The second-order valence-electron chi connectivity index (χ2n) is 4.77. The van der Waals surface area contributed by atoms with Gasteiger partial charge in [-0.3, -0.25) is 9.59 Å². The third-order valence-corrected chi connectivity index (χ3v) is 3.18. The number of hydrogen-bond acceptors (Lipinski definition) is 5. The zero-order chi connectivity index (χ0) is 15.7. The van der Waals surface area contributed by atoms with Crippen LogP contribution < -0.4 is 5.73 Å². The molecule has 0 aromatic carbocycles. The Balaban J connectivity index is 4.85. The van der Waals surface area contributed by atoms with Crippen molar-refractivity contribution in [2.24, 2.45) is 17.6 Å². The summed E-state index contributed by atoms with van der Waals surface area (Å²) in [7, 11) is 2.87. The van der Waals surface area contributed by atoms with Crippen molar-refractivity contribution in [3.05, 3.63) is 0 Å². The van der Waals surface area contributed by atoms with E-state index in [4.69, 9.17) is 22.7 Å². The highest BCUT2D eigenvalue weighted by atomic mass is 32.1. The summed E-state index contributed by atoms with van der Waals surface area (Å²) >= 11 is 4.97. The van der Waals surface area contributed by atoms with Crippen molar-refractivity contribution in [1.82, 2.24) is 4.90 Å². The molecule has 0 saturated heterocycles. The molecule has 0 aliphatic heterocycles. The molecule has 0 heterocycles. The van der Waals surface area contributed by atoms with Gasteiger partial charge in [-0.05, 0) is 5.92 Å². The molecular weight excluding hydrogens is 280 g/mol. The van der Waals surface area contributed by atoms with E-state index in [1.165, 1.54) is 7.11 Å². The van der Waals surface area contributed by atoms with E-state index in [1.807, 2.05) is 13.8 Å². The van der Waals surface area contributed by atoms with Crippen molar-refractivity contribution < 1.29 is 19.1 Å². The Bertz CT molecular complexity index is 347. The first-order chi connectivity index (χ1) is 9.34. The molecule has 0 rings (SSSR count). The topological polar surface area (TPSA) is 81.9 Å². The van der Waals surface area contributed by atoms with Gasteiger partial charge < -0.3 is 20.1 Å². The maximum atomic E-state index is 12.5. The molecule has 0 saturated carbocycles. The van der Waals surface area contributed by atoms with E-state index >= 15 is 0 Å². The van der Waals surface area contributed by atoms with Crippen LogP contribution in [0, 0.1) is 11.8 Å². The maximum absolute atomic E-state index is 12.5. The molecule has 7 heteroatoms. The van der Waals surface area contributed by atoms with Crippen molar-refractivity contribution in [1.29, 1.82) is 0 Å². The Morgan fingerprint density at radius 3 is 2.25 bits per heavy atom. The summed E-state index contributed by atoms with van der Waals surface area (Å²) in [5.41, 5.74) is 5.65. The van der Waals surface area contributed by atoms with Gasteiger partial charge in [0.15, 0.2) is 0 Å². The van der Waals surface area contributed by atoms with E-state index in [2.05, 4.69) is 4.74 Å². The minimum atomic E-state index is -0.528. The summed E-state index contributed by atoms with van der Waals surface area (Å²) < 4.78 is 9.56. The van der Waals surface area contributed by atoms with Crippen LogP contribution in [0.4, 0.5) is 0 Å².